The molecule has 0 aliphatic rings. The topological polar surface area (TPSA) is 81.5 Å². The molecule has 2 aromatic carbocycles. The van der Waals surface area contributed by atoms with Gasteiger partial charge in [0.05, 0.1) is 11.5 Å². The molecule has 0 aromatic heterocycles. The molecule has 2 rings (SSSR count). The van der Waals surface area contributed by atoms with Crippen LogP contribution >= 0.6 is 0 Å². The van der Waals surface area contributed by atoms with Crippen LogP contribution in [0.15, 0.2) is 42.5 Å². The Morgan fingerprint density at radius 3 is 2.52 bits per heavy atom. The summed E-state index contributed by atoms with van der Waals surface area (Å²) in [5.74, 6) is 0.429. The smallest absolute Gasteiger partial charge is 0.273 e. The van der Waals surface area contributed by atoms with Crippen molar-refractivity contribution in [1.29, 1.82) is 0 Å². The SMILES string of the molecule is CCOc1ccc(CNC(=O)c2ccc(C)c([N+](=O)[O-])c2)cc1. The Balaban J connectivity index is 2.02. The van der Waals surface area contributed by atoms with Gasteiger partial charge in [0.15, 0.2) is 0 Å². The number of hydrogen-bond acceptors (Lipinski definition) is 4. The Bertz CT molecular complexity index is 711. The quantitative estimate of drug-likeness (QED) is 0.655. The van der Waals surface area contributed by atoms with Crippen LogP contribution in [0.4, 0.5) is 5.69 Å². The number of hydrogen-bond donors (Lipinski definition) is 1. The number of nitro groups is 1. The van der Waals surface area contributed by atoms with Crippen LogP contribution in [0.2, 0.25) is 0 Å². The number of amides is 1. The lowest BCUT2D eigenvalue weighted by atomic mass is 10.1. The lowest BCUT2D eigenvalue weighted by molar-refractivity contribution is -0.385. The maximum Gasteiger partial charge on any atom is 0.273 e. The number of nitro benzene ring substituents is 1. The van der Waals surface area contributed by atoms with Gasteiger partial charge in [-0.25, -0.2) is 0 Å². The van der Waals surface area contributed by atoms with Crippen LogP contribution in [-0.2, 0) is 6.54 Å². The number of nitrogens with one attached hydrogen (secondary N) is 1. The van der Waals surface area contributed by atoms with Gasteiger partial charge in [-0.3, -0.25) is 14.9 Å². The molecule has 0 aliphatic carbocycles. The highest BCUT2D eigenvalue weighted by atomic mass is 16.6. The summed E-state index contributed by atoms with van der Waals surface area (Å²) in [5.41, 5.74) is 1.66. The highest BCUT2D eigenvalue weighted by Crippen LogP contribution is 2.19. The third-order valence-corrected chi connectivity index (χ3v) is 3.36. The van der Waals surface area contributed by atoms with Gasteiger partial charge in [-0.2, -0.15) is 0 Å². The average Bonchev–Trinajstić information content (AvgIpc) is 2.54. The van der Waals surface area contributed by atoms with Crippen molar-refractivity contribution >= 4 is 11.6 Å². The van der Waals surface area contributed by atoms with E-state index in [0.717, 1.165) is 11.3 Å². The molecule has 2 aromatic rings. The number of carbonyl (C=O) groups is 1. The van der Waals surface area contributed by atoms with Crippen molar-refractivity contribution in [3.8, 4) is 5.75 Å². The van der Waals surface area contributed by atoms with Crippen molar-refractivity contribution in [3.05, 3.63) is 69.3 Å². The second kappa shape index (κ2) is 7.40. The number of nitrogens with zero attached hydrogens (tertiary/aromatic N) is 1. The summed E-state index contributed by atoms with van der Waals surface area (Å²) in [4.78, 5) is 22.6. The molecule has 6 heteroatoms. The van der Waals surface area contributed by atoms with E-state index >= 15 is 0 Å². The van der Waals surface area contributed by atoms with E-state index in [1.165, 1.54) is 6.07 Å². The first-order valence-electron chi connectivity index (χ1n) is 7.26. The van der Waals surface area contributed by atoms with Crippen molar-refractivity contribution in [2.24, 2.45) is 0 Å². The van der Waals surface area contributed by atoms with Gasteiger partial charge in [-0.1, -0.05) is 18.2 Å². The molecular formula is C17H18N2O4. The molecule has 0 bridgehead atoms. The molecule has 1 amide bonds. The van der Waals surface area contributed by atoms with Gasteiger partial charge in [-0.15, -0.1) is 0 Å². The molecule has 0 saturated carbocycles. The third-order valence-electron chi connectivity index (χ3n) is 3.36. The molecule has 0 radical (unpaired) electrons. The van der Waals surface area contributed by atoms with Crippen LogP contribution in [-0.4, -0.2) is 17.4 Å². The molecular weight excluding hydrogens is 296 g/mol. The summed E-state index contributed by atoms with van der Waals surface area (Å²) >= 11 is 0. The maximum absolute atomic E-state index is 12.1. The van der Waals surface area contributed by atoms with Gasteiger partial charge in [0, 0.05) is 23.7 Å². The molecule has 0 fully saturated rings. The van der Waals surface area contributed by atoms with Crippen LogP contribution in [0.3, 0.4) is 0 Å². The average molecular weight is 314 g/mol. The van der Waals surface area contributed by atoms with Crippen molar-refractivity contribution in [1.82, 2.24) is 5.32 Å². The van der Waals surface area contributed by atoms with E-state index in [0.29, 0.717) is 18.7 Å². The Labute approximate surface area is 134 Å². The fraction of sp³-hybridized carbons (Fsp3) is 0.235. The first-order chi connectivity index (χ1) is 11.0. The van der Waals surface area contributed by atoms with Crippen LogP contribution < -0.4 is 10.1 Å². The zero-order valence-electron chi connectivity index (χ0n) is 13.0. The predicted octanol–water partition coefficient (Wildman–Crippen LogP) is 3.23. The lowest BCUT2D eigenvalue weighted by Gasteiger charge is -2.07. The summed E-state index contributed by atoms with van der Waals surface area (Å²) in [6, 6.07) is 11.8. The fourth-order valence-corrected chi connectivity index (χ4v) is 2.10. The van der Waals surface area contributed by atoms with Gasteiger partial charge in [0.2, 0.25) is 0 Å². The van der Waals surface area contributed by atoms with Crippen LogP contribution in [0.5, 0.6) is 5.75 Å². The minimum Gasteiger partial charge on any atom is -0.494 e. The number of ether oxygens (including phenoxy) is 1. The molecule has 0 atom stereocenters. The largest absolute Gasteiger partial charge is 0.494 e. The zero-order chi connectivity index (χ0) is 16.8. The van der Waals surface area contributed by atoms with E-state index in [2.05, 4.69) is 5.32 Å². The van der Waals surface area contributed by atoms with E-state index in [9.17, 15) is 14.9 Å². The summed E-state index contributed by atoms with van der Waals surface area (Å²) < 4.78 is 5.35. The lowest BCUT2D eigenvalue weighted by Crippen LogP contribution is -2.22. The van der Waals surface area contributed by atoms with Gasteiger partial charge in [0.25, 0.3) is 11.6 Å². The van der Waals surface area contributed by atoms with Gasteiger partial charge in [0.1, 0.15) is 5.75 Å². The van der Waals surface area contributed by atoms with Crippen molar-refractivity contribution < 1.29 is 14.5 Å². The monoisotopic (exact) mass is 314 g/mol. The first kappa shape index (κ1) is 16.5. The van der Waals surface area contributed by atoms with E-state index in [4.69, 9.17) is 4.74 Å². The van der Waals surface area contributed by atoms with Gasteiger partial charge >= 0.3 is 0 Å². The van der Waals surface area contributed by atoms with Gasteiger partial charge in [-0.05, 0) is 37.6 Å². The number of rotatable bonds is 6. The van der Waals surface area contributed by atoms with E-state index in [1.807, 2.05) is 31.2 Å². The molecule has 0 unspecified atom stereocenters. The third kappa shape index (κ3) is 4.29. The van der Waals surface area contributed by atoms with E-state index < -0.39 is 4.92 Å². The summed E-state index contributed by atoms with van der Waals surface area (Å²) in [7, 11) is 0. The normalized spacial score (nSPS) is 10.2. The van der Waals surface area contributed by atoms with Crippen LogP contribution in [0, 0.1) is 17.0 Å². The first-order valence-corrected chi connectivity index (χ1v) is 7.26. The van der Waals surface area contributed by atoms with Crippen LogP contribution in [0.1, 0.15) is 28.4 Å². The Morgan fingerprint density at radius 1 is 1.22 bits per heavy atom. The second-order valence-electron chi connectivity index (χ2n) is 5.02. The number of benzene rings is 2. The van der Waals surface area contributed by atoms with E-state index in [1.54, 1.807) is 19.1 Å². The summed E-state index contributed by atoms with van der Waals surface area (Å²) in [6.07, 6.45) is 0. The highest BCUT2D eigenvalue weighted by Gasteiger charge is 2.14. The van der Waals surface area contributed by atoms with E-state index in [-0.39, 0.29) is 17.2 Å². The highest BCUT2D eigenvalue weighted by molar-refractivity contribution is 5.94. The molecule has 0 spiro atoms. The molecule has 0 saturated heterocycles. The van der Waals surface area contributed by atoms with Crippen molar-refractivity contribution in [3.63, 3.8) is 0 Å². The minimum atomic E-state index is -0.488. The zero-order valence-corrected chi connectivity index (χ0v) is 13.0. The molecule has 120 valence electrons. The van der Waals surface area contributed by atoms with Gasteiger partial charge < -0.3 is 10.1 Å². The summed E-state index contributed by atoms with van der Waals surface area (Å²) in [5, 5.41) is 13.7. The Hall–Kier alpha value is -2.89. The van der Waals surface area contributed by atoms with Crippen molar-refractivity contribution in [2.45, 2.75) is 20.4 Å². The maximum atomic E-state index is 12.1. The molecule has 1 N–H and O–H groups in total. The number of aryl methyl sites for hydroxylation is 1. The van der Waals surface area contributed by atoms with Crippen LogP contribution in [0.25, 0.3) is 0 Å². The Kier molecular flexibility index (Phi) is 5.30. The predicted molar refractivity (Wildman–Crippen MR) is 86.6 cm³/mol. The van der Waals surface area contributed by atoms with Crippen molar-refractivity contribution in [2.75, 3.05) is 6.61 Å². The minimum absolute atomic E-state index is 0.0567. The fourth-order valence-electron chi connectivity index (χ4n) is 2.10. The standard InChI is InChI=1S/C17H18N2O4/c1-3-23-15-8-5-13(6-9-15)11-18-17(20)14-7-4-12(2)16(10-14)19(21)22/h4-10H,3,11H2,1-2H3,(H,18,20). The molecule has 23 heavy (non-hydrogen) atoms. The number of carbonyl (C=O) groups excluding carboxylic acids is 1. The summed E-state index contributed by atoms with van der Waals surface area (Å²) in [6.45, 7) is 4.49. The molecule has 0 heterocycles. The molecule has 6 nitrogen and oxygen atoms in total. The second-order valence-corrected chi connectivity index (χ2v) is 5.02. The molecule has 0 aliphatic heterocycles. The Morgan fingerprint density at radius 2 is 1.91 bits per heavy atom.